The van der Waals surface area contributed by atoms with Gasteiger partial charge in [-0.25, -0.2) is 0 Å². The largest absolute Gasteiger partial charge is 0.0830 e. The Morgan fingerprint density at radius 2 is 1.94 bits per heavy atom. The summed E-state index contributed by atoms with van der Waals surface area (Å²) in [6, 6.07) is 11.1. The molecule has 0 aromatic heterocycles. The van der Waals surface area contributed by atoms with Gasteiger partial charge in [-0.3, -0.25) is 0 Å². The van der Waals surface area contributed by atoms with Gasteiger partial charge in [-0.15, -0.1) is 0 Å². The Morgan fingerprint density at radius 3 is 2.94 bits per heavy atom. The lowest BCUT2D eigenvalue weighted by atomic mass is 9.79. The van der Waals surface area contributed by atoms with Crippen molar-refractivity contribution in [3.63, 3.8) is 0 Å². The quantitative estimate of drug-likeness (QED) is 0.598. The third-order valence-electron chi connectivity index (χ3n) is 3.72. The highest BCUT2D eigenvalue weighted by Crippen LogP contribution is 2.41. The topological polar surface area (TPSA) is 0 Å². The molecule has 0 saturated carbocycles. The van der Waals surface area contributed by atoms with Gasteiger partial charge in [-0.05, 0) is 33.9 Å². The molecule has 0 heteroatoms. The SMILES string of the molecule is C1=Cc2ccc3cccc4c3c2C(C=C4)C1. The predicted molar refractivity (Wildman–Crippen MR) is 69.4 cm³/mol. The molecule has 76 valence electrons. The zero-order chi connectivity index (χ0) is 10.5. The smallest absolute Gasteiger partial charge is 0.00682 e. The summed E-state index contributed by atoms with van der Waals surface area (Å²) in [4.78, 5) is 0. The average molecular weight is 204 g/mol. The van der Waals surface area contributed by atoms with Crippen molar-refractivity contribution in [1.29, 1.82) is 0 Å². The van der Waals surface area contributed by atoms with Gasteiger partial charge >= 0.3 is 0 Å². The van der Waals surface area contributed by atoms with E-state index in [0.717, 1.165) is 6.42 Å². The molecular weight excluding hydrogens is 192 g/mol. The summed E-state index contributed by atoms with van der Waals surface area (Å²) >= 11 is 0. The minimum atomic E-state index is 0.596. The van der Waals surface area contributed by atoms with E-state index in [0.29, 0.717) is 5.92 Å². The third-order valence-corrected chi connectivity index (χ3v) is 3.72. The van der Waals surface area contributed by atoms with Crippen molar-refractivity contribution in [2.24, 2.45) is 0 Å². The summed E-state index contributed by atoms with van der Waals surface area (Å²) in [5, 5.41) is 2.85. The summed E-state index contributed by atoms with van der Waals surface area (Å²) in [7, 11) is 0. The molecule has 2 aliphatic carbocycles. The fourth-order valence-corrected chi connectivity index (χ4v) is 2.99. The van der Waals surface area contributed by atoms with Crippen LogP contribution in [0.1, 0.15) is 29.0 Å². The van der Waals surface area contributed by atoms with Crippen LogP contribution in [0.4, 0.5) is 0 Å². The Balaban J connectivity index is 2.26. The van der Waals surface area contributed by atoms with E-state index < -0.39 is 0 Å². The van der Waals surface area contributed by atoms with Crippen LogP contribution < -0.4 is 0 Å². The second-order valence-electron chi connectivity index (χ2n) is 4.62. The molecule has 2 aromatic carbocycles. The van der Waals surface area contributed by atoms with Crippen LogP contribution in [-0.2, 0) is 0 Å². The molecule has 1 atom stereocenters. The van der Waals surface area contributed by atoms with E-state index in [1.165, 1.54) is 27.5 Å². The van der Waals surface area contributed by atoms with E-state index in [2.05, 4.69) is 54.6 Å². The van der Waals surface area contributed by atoms with Crippen molar-refractivity contribution in [2.45, 2.75) is 12.3 Å². The predicted octanol–water partition coefficient (Wildman–Crippen LogP) is 4.37. The fourth-order valence-electron chi connectivity index (χ4n) is 2.99. The van der Waals surface area contributed by atoms with E-state index in [1.54, 1.807) is 0 Å². The lowest BCUT2D eigenvalue weighted by Gasteiger charge is -2.25. The van der Waals surface area contributed by atoms with Crippen molar-refractivity contribution in [3.8, 4) is 0 Å². The molecule has 16 heavy (non-hydrogen) atoms. The summed E-state index contributed by atoms with van der Waals surface area (Å²) in [6.07, 6.45) is 10.3. The molecule has 0 amide bonds. The average Bonchev–Trinajstić information content (AvgIpc) is 2.36. The summed E-state index contributed by atoms with van der Waals surface area (Å²) < 4.78 is 0. The molecule has 0 heterocycles. The lowest BCUT2D eigenvalue weighted by Crippen LogP contribution is -2.05. The molecule has 2 aliphatic rings. The van der Waals surface area contributed by atoms with Crippen molar-refractivity contribution in [1.82, 2.24) is 0 Å². The molecule has 0 N–H and O–H groups in total. The number of rotatable bonds is 0. The second kappa shape index (κ2) is 2.85. The van der Waals surface area contributed by atoms with Crippen LogP contribution in [0, 0.1) is 0 Å². The van der Waals surface area contributed by atoms with Gasteiger partial charge in [0, 0.05) is 5.92 Å². The van der Waals surface area contributed by atoms with Crippen molar-refractivity contribution >= 4 is 22.9 Å². The Labute approximate surface area is 94.9 Å². The Hall–Kier alpha value is -1.82. The molecule has 0 spiro atoms. The van der Waals surface area contributed by atoms with Gasteiger partial charge in [-0.1, -0.05) is 54.6 Å². The summed E-state index contributed by atoms with van der Waals surface area (Å²) in [5.74, 6) is 0.596. The Kier molecular flexibility index (Phi) is 1.49. The van der Waals surface area contributed by atoms with E-state index in [-0.39, 0.29) is 0 Å². The molecule has 4 rings (SSSR count). The van der Waals surface area contributed by atoms with Crippen molar-refractivity contribution < 1.29 is 0 Å². The van der Waals surface area contributed by atoms with E-state index in [9.17, 15) is 0 Å². The molecule has 0 bridgehead atoms. The van der Waals surface area contributed by atoms with E-state index >= 15 is 0 Å². The monoisotopic (exact) mass is 204 g/mol. The fraction of sp³-hybridized carbons (Fsp3) is 0.125. The van der Waals surface area contributed by atoms with Crippen LogP contribution in [0.2, 0.25) is 0 Å². The molecule has 0 radical (unpaired) electrons. The van der Waals surface area contributed by atoms with Gasteiger partial charge in [0.15, 0.2) is 0 Å². The van der Waals surface area contributed by atoms with Crippen LogP contribution in [-0.4, -0.2) is 0 Å². The first-order valence-electron chi connectivity index (χ1n) is 5.84. The first kappa shape index (κ1) is 8.35. The highest BCUT2D eigenvalue weighted by molar-refractivity contribution is 5.98. The van der Waals surface area contributed by atoms with E-state index in [4.69, 9.17) is 0 Å². The number of hydrogen-bond acceptors (Lipinski definition) is 0. The Morgan fingerprint density at radius 1 is 0.938 bits per heavy atom. The lowest BCUT2D eigenvalue weighted by molar-refractivity contribution is 0.861. The van der Waals surface area contributed by atoms with Gasteiger partial charge in [-0.2, -0.15) is 0 Å². The van der Waals surface area contributed by atoms with Crippen LogP contribution in [0.5, 0.6) is 0 Å². The van der Waals surface area contributed by atoms with E-state index in [1.807, 2.05) is 0 Å². The first-order chi connectivity index (χ1) is 7.93. The minimum absolute atomic E-state index is 0.596. The first-order valence-corrected chi connectivity index (χ1v) is 5.84. The van der Waals surface area contributed by atoms with Gasteiger partial charge in [0.25, 0.3) is 0 Å². The van der Waals surface area contributed by atoms with Gasteiger partial charge in [0.2, 0.25) is 0 Å². The zero-order valence-electron chi connectivity index (χ0n) is 8.98. The van der Waals surface area contributed by atoms with Gasteiger partial charge in [0.05, 0.1) is 0 Å². The van der Waals surface area contributed by atoms with Crippen molar-refractivity contribution in [2.75, 3.05) is 0 Å². The molecular formula is C16H12. The van der Waals surface area contributed by atoms with Gasteiger partial charge in [0.1, 0.15) is 0 Å². The summed E-state index contributed by atoms with van der Waals surface area (Å²) in [5.41, 5.74) is 4.32. The maximum Gasteiger partial charge on any atom is 0.00682 e. The molecule has 0 aliphatic heterocycles. The number of allylic oxidation sites excluding steroid dienone is 2. The van der Waals surface area contributed by atoms with Gasteiger partial charge < -0.3 is 0 Å². The van der Waals surface area contributed by atoms with Crippen LogP contribution in [0.15, 0.2) is 42.5 Å². The summed E-state index contributed by atoms with van der Waals surface area (Å²) in [6.45, 7) is 0. The number of benzene rings is 2. The highest BCUT2D eigenvalue weighted by Gasteiger charge is 2.21. The van der Waals surface area contributed by atoms with Crippen LogP contribution in [0.3, 0.4) is 0 Å². The normalized spacial score (nSPS) is 20.4. The van der Waals surface area contributed by atoms with Crippen LogP contribution >= 0.6 is 0 Å². The maximum atomic E-state index is 2.35. The minimum Gasteiger partial charge on any atom is -0.0830 e. The van der Waals surface area contributed by atoms with Crippen molar-refractivity contribution in [3.05, 3.63) is 59.2 Å². The molecule has 1 unspecified atom stereocenters. The molecule has 0 fully saturated rings. The molecule has 0 saturated heterocycles. The molecule has 2 aromatic rings. The second-order valence-corrected chi connectivity index (χ2v) is 4.62. The zero-order valence-corrected chi connectivity index (χ0v) is 8.98. The maximum absolute atomic E-state index is 2.35. The standard InChI is InChI=1S/C16H12/c1-3-11-7-9-13-5-2-6-14-10-8-12(4-1)15(11)16(13)14/h1-5,7-10,14H,6H2. The van der Waals surface area contributed by atoms with Crippen LogP contribution in [0.25, 0.3) is 22.9 Å². The highest BCUT2D eigenvalue weighted by atomic mass is 14.2. The number of hydrogen-bond donors (Lipinski definition) is 0. The Bertz CT molecular complexity index is 644. The molecule has 0 nitrogen and oxygen atoms in total. The third kappa shape index (κ3) is 0.943.